The second-order valence-electron chi connectivity index (χ2n) is 5.42. The molecule has 0 spiro atoms. The number of carbonyl (C=O) groups is 3. The van der Waals surface area contributed by atoms with Crippen LogP contribution in [0.25, 0.3) is 0 Å². The Morgan fingerprint density at radius 3 is 2.72 bits per heavy atom. The van der Waals surface area contributed by atoms with Crippen molar-refractivity contribution in [3.8, 4) is 0 Å². The van der Waals surface area contributed by atoms with Crippen LogP contribution in [0.15, 0.2) is 28.1 Å². The zero-order chi connectivity index (χ0) is 18.4. The number of ether oxygens (including phenoxy) is 1. The molecule has 0 aromatic carbocycles. The summed E-state index contributed by atoms with van der Waals surface area (Å²) in [6.45, 7) is 4.53. The summed E-state index contributed by atoms with van der Waals surface area (Å²) in [4.78, 5) is 36.3. The lowest BCUT2D eigenvalue weighted by Crippen LogP contribution is -2.32. The van der Waals surface area contributed by atoms with Gasteiger partial charge in [-0.2, -0.15) is 0 Å². The van der Waals surface area contributed by atoms with Crippen LogP contribution in [0.1, 0.15) is 36.9 Å². The first-order valence-electron chi connectivity index (χ1n) is 7.59. The molecule has 0 fully saturated rings. The SMILES string of the molecule is CC(=O)N[C@@H](CC(=O)O[C@H](C)C(=O)Nc1cc(C)on1)c1cccs1. The number of thiophene rings is 1. The Morgan fingerprint density at radius 1 is 1.40 bits per heavy atom. The molecule has 2 aromatic rings. The van der Waals surface area contributed by atoms with Crippen LogP contribution in [-0.4, -0.2) is 29.0 Å². The van der Waals surface area contributed by atoms with Gasteiger partial charge in [-0.05, 0) is 25.3 Å². The molecule has 0 unspecified atom stereocenters. The molecule has 25 heavy (non-hydrogen) atoms. The number of aromatic nitrogens is 1. The molecule has 2 heterocycles. The fraction of sp³-hybridized carbons (Fsp3) is 0.375. The number of carbonyl (C=O) groups excluding carboxylic acids is 3. The molecule has 9 heteroatoms. The first kappa shape index (κ1) is 18.7. The number of aryl methyl sites for hydroxylation is 1. The molecule has 0 saturated heterocycles. The fourth-order valence-corrected chi connectivity index (χ4v) is 2.85. The number of nitrogens with zero attached hydrogens (tertiary/aromatic N) is 1. The van der Waals surface area contributed by atoms with Crippen molar-refractivity contribution in [1.29, 1.82) is 0 Å². The smallest absolute Gasteiger partial charge is 0.309 e. The second-order valence-corrected chi connectivity index (χ2v) is 6.40. The minimum Gasteiger partial charge on any atom is -0.452 e. The number of esters is 1. The molecule has 0 aliphatic carbocycles. The van der Waals surface area contributed by atoms with Gasteiger partial charge in [0.2, 0.25) is 5.91 Å². The van der Waals surface area contributed by atoms with Crippen molar-refractivity contribution < 1.29 is 23.6 Å². The van der Waals surface area contributed by atoms with Crippen LogP contribution in [0, 0.1) is 6.92 Å². The highest BCUT2D eigenvalue weighted by Crippen LogP contribution is 2.22. The van der Waals surface area contributed by atoms with Crippen molar-refractivity contribution in [2.45, 2.75) is 39.3 Å². The first-order valence-corrected chi connectivity index (χ1v) is 8.47. The van der Waals surface area contributed by atoms with Crippen LogP contribution in [0.5, 0.6) is 0 Å². The van der Waals surface area contributed by atoms with Crippen molar-refractivity contribution >= 4 is 34.9 Å². The van der Waals surface area contributed by atoms with Gasteiger partial charge in [0, 0.05) is 17.9 Å². The molecule has 2 atom stereocenters. The maximum absolute atomic E-state index is 12.1. The fourth-order valence-electron chi connectivity index (χ4n) is 2.08. The van der Waals surface area contributed by atoms with Gasteiger partial charge < -0.3 is 19.9 Å². The third kappa shape index (κ3) is 5.71. The van der Waals surface area contributed by atoms with Gasteiger partial charge in [0.25, 0.3) is 5.91 Å². The van der Waals surface area contributed by atoms with E-state index in [4.69, 9.17) is 9.26 Å². The lowest BCUT2D eigenvalue weighted by Gasteiger charge is -2.17. The first-order chi connectivity index (χ1) is 11.8. The predicted octanol–water partition coefficient (Wildman–Crippen LogP) is 2.18. The van der Waals surface area contributed by atoms with Crippen LogP contribution in [0.2, 0.25) is 0 Å². The molecule has 2 N–H and O–H groups in total. The minimum absolute atomic E-state index is 0.0687. The zero-order valence-electron chi connectivity index (χ0n) is 14.1. The molecular weight excluding hydrogens is 346 g/mol. The molecule has 2 aromatic heterocycles. The predicted molar refractivity (Wildman–Crippen MR) is 90.9 cm³/mol. The topological polar surface area (TPSA) is 111 Å². The van der Waals surface area contributed by atoms with Crippen LogP contribution >= 0.6 is 11.3 Å². The van der Waals surface area contributed by atoms with Gasteiger partial charge in [0.05, 0.1) is 12.5 Å². The van der Waals surface area contributed by atoms with Crippen LogP contribution in [0.4, 0.5) is 5.82 Å². The highest BCUT2D eigenvalue weighted by atomic mass is 32.1. The van der Waals surface area contributed by atoms with Crippen LogP contribution in [0.3, 0.4) is 0 Å². The Kier molecular flexibility index (Phi) is 6.29. The Labute approximate surface area is 148 Å². The van der Waals surface area contributed by atoms with E-state index in [1.54, 1.807) is 13.0 Å². The largest absolute Gasteiger partial charge is 0.452 e. The summed E-state index contributed by atoms with van der Waals surface area (Å²) in [5.74, 6) is -0.562. The van der Waals surface area contributed by atoms with E-state index in [9.17, 15) is 14.4 Å². The van der Waals surface area contributed by atoms with Crippen LogP contribution in [-0.2, 0) is 19.1 Å². The number of rotatable bonds is 7. The Morgan fingerprint density at radius 2 is 2.16 bits per heavy atom. The summed E-state index contributed by atoms with van der Waals surface area (Å²) in [5, 5.41) is 10.7. The number of amides is 2. The van der Waals surface area contributed by atoms with E-state index in [0.717, 1.165) is 4.88 Å². The molecule has 2 rings (SSSR count). The molecule has 2 amide bonds. The molecule has 0 aliphatic heterocycles. The molecule has 0 radical (unpaired) electrons. The van der Waals surface area contributed by atoms with Crippen molar-refractivity contribution in [1.82, 2.24) is 10.5 Å². The summed E-state index contributed by atoms with van der Waals surface area (Å²) in [7, 11) is 0. The molecular formula is C16H19N3O5S. The van der Waals surface area contributed by atoms with E-state index in [1.807, 2.05) is 17.5 Å². The molecule has 0 aliphatic rings. The average molecular weight is 365 g/mol. The molecule has 134 valence electrons. The van der Waals surface area contributed by atoms with E-state index in [1.165, 1.54) is 25.2 Å². The Bertz CT molecular complexity index is 741. The molecule has 0 bridgehead atoms. The van der Waals surface area contributed by atoms with E-state index >= 15 is 0 Å². The van der Waals surface area contributed by atoms with Gasteiger partial charge in [-0.25, -0.2) is 0 Å². The van der Waals surface area contributed by atoms with Gasteiger partial charge in [0.15, 0.2) is 11.9 Å². The van der Waals surface area contributed by atoms with Crippen molar-refractivity contribution in [3.05, 3.63) is 34.2 Å². The summed E-state index contributed by atoms with van der Waals surface area (Å²) in [5.41, 5.74) is 0. The maximum Gasteiger partial charge on any atom is 0.309 e. The van der Waals surface area contributed by atoms with Gasteiger partial charge in [-0.15, -0.1) is 11.3 Å². The lowest BCUT2D eigenvalue weighted by atomic mass is 10.1. The van der Waals surface area contributed by atoms with E-state index in [2.05, 4.69) is 15.8 Å². The number of hydrogen-bond acceptors (Lipinski definition) is 7. The van der Waals surface area contributed by atoms with Crippen LogP contribution < -0.4 is 10.6 Å². The van der Waals surface area contributed by atoms with E-state index < -0.39 is 24.0 Å². The summed E-state index contributed by atoms with van der Waals surface area (Å²) in [6.07, 6.45) is -1.08. The molecule has 0 saturated carbocycles. The highest BCUT2D eigenvalue weighted by Gasteiger charge is 2.23. The standard InChI is InChI=1S/C16H19N3O5S/c1-9-7-14(19-24-9)18-16(22)10(2)23-15(21)8-12(17-11(3)20)13-5-4-6-25-13/h4-7,10,12H,8H2,1-3H3,(H,17,20)(H,18,19,22)/t10-,12+/m1/s1. The summed E-state index contributed by atoms with van der Waals surface area (Å²) >= 11 is 1.42. The van der Waals surface area contributed by atoms with Gasteiger partial charge >= 0.3 is 5.97 Å². The Hall–Kier alpha value is -2.68. The average Bonchev–Trinajstić information content (AvgIpc) is 3.17. The highest BCUT2D eigenvalue weighted by molar-refractivity contribution is 7.10. The van der Waals surface area contributed by atoms with Gasteiger partial charge in [0.1, 0.15) is 5.76 Å². The number of anilines is 1. The van der Waals surface area contributed by atoms with E-state index in [-0.39, 0.29) is 18.1 Å². The quantitative estimate of drug-likeness (QED) is 0.728. The summed E-state index contributed by atoms with van der Waals surface area (Å²) < 4.78 is 9.99. The van der Waals surface area contributed by atoms with Crippen molar-refractivity contribution in [3.63, 3.8) is 0 Å². The van der Waals surface area contributed by atoms with Gasteiger partial charge in [-0.1, -0.05) is 11.2 Å². The second kappa shape index (κ2) is 8.43. The van der Waals surface area contributed by atoms with Crippen molar-refractivity contribution in [2.24, 2.45) is 0 Å². The third-order valence-electron chi connectivity index (χ3n) is 3.19. The zero-order valence-corrected chi connectivity index (χ0v) is 14.9. The molecule has 8 nitrogen and oxygen atoms in total. The lowest BCUT2D eigenvalue weighted by molar-refractivity contribution is -0.153. The third-order valence-corrected chi connectivity index (χ3v) is 4.18. The number of nitrogens with one attached hydrogen (secondary N) is 2. The van der Waals surface area contributed by atoms with E-state index in [0.29, 0.717) is 5.76 Å². The number of hydrogen-bond donors (Lipinski definition) is 2. The van der Waals surface area contributed by atoms with Gasteiger partial charge in [-0.3, -0.25) is 14.4 Å². The Balaban J connectivity index is 1.90. The normalized spacial score (nSPS) is 12.9. The summed E-state index contributed by atoms with van der Waals surface area (Å²) in [6, 6.07) is 4.71. The van der Waals surface area contributed by atoms with Crippen molar-refractivity contribution in [2.75, 3.05) is 5.32 Å². The maximum atomic E-state index is 12.1. The minimum atomic E-state index is -1.01. The monoisotopic (exact) mass is 365 g/mol.